The van der Waals surface area contributed by atoms with E-state index in [2.05, 4.69) is 9.94 Å². The Morgan fingerprint density at radius 1 is 1.47 bits per heavy atom. The number of pyridine rings is 1. The second-order valence-corrected chi connectivity index (χ2v) is 3.20. The van der Waals surface area contributed by atoms with E-state index in [0.717, 1.165) is 0 Å². The SMILES string of the molecule is O=C(O)CONC(=O)c1cnn2ccccc12. The van der Waals surface area contributed by atoms with Crippen LogP contribution in [0.2, 0.25) is 0 Å². The highest BCUT2D eigenvalue weighted by atomic mass is 16.7. The number of aliphatic carboxylic acids is 1. The summed E-state index contributed by atoms with van der Waals surface area (Å²) in [4.78, 5) is 26.3. The first-order valence-corrected chi connectivity index (χ1v) is 4.75. The highest BCUT2D eigenvalue weighted by Gasteiger charge is 2.12. The molecule has 2 aromatic rings. The van der Waals surface area contributed by atoms with Crippen molar-refractivity contribution < 1.29 is 19.5 Å². The van der Waals surface area contributed by atoms with Gasteiger partial charge in [-0.3, -0.25) is 9.63 Å². The number of fused-ring (bicyclic) bond motifs is 1. The third kappa shape index (κ3) is 2.40. The minimum atomic E-state index is -1.16. The summed E-state index contributed by atoms with van der Waals surface area (Å²) in [7, 11) is 0. The van der Waals surface area contributed by atoms with E-state index in [0.29, 0.717) is 11.1 Å². The zero-order chi connectivity index (χ0) is 12.3. The molecule has 88 valence electrons. The van der Waals surface area contributed by atoms with Crippen molar-refractivity contribution in [1.82, 2.24) is 15.1 Å². The summed E-state index contributed by atoms with van der Waals surface area (Å²) in [5.74, 6) is -1.70. The van der Waals surface area contributed by atoms with Gasteiger partial charge in [-0.1, -0.05) is 6.07 Å². The quantitative estimate of drug-likeness (QED) is 0.732. The van der Waals surface area contributed by atoms with E-state index in [1.807, 2.05) is 5.48 Å². The number of carboxylic acid groups (broad SMARTS) is 1. The Kier molecular flexibility index (Phi) is 3.01. The van der Waals surface area contributed by atoms with E-state index in [4.69, 9.17) is 5.11 Å². The van der Waals surface area contributed by atoms with E-state index in [9.17, 15) is 9.59 Å². The molecule has 2 heterocycles. The molecule has 7 heteroatoms. The maximum absolute atomic E-state index is 11.6. The van der Waals surface area contributed by atoms with Crippen LogP contribution >= 0.6 is 0 Å². The van der Waals surface area contributed by atoms with E-state index >= 15 is 0 Å². The summed E-state index contributed by atoms with van der Waals surface area (Å²) in [5.41, 5.74) is 2.97. The zero-order valence-electron chi connectivity index (χ0n) is 8.66. The number of hydrogen-bond donors (Lipinski definition) is 2. The molecule has 0 unspecified atom stereocenters. The highest BCUT2D eigenvalue weighted by Crippen LogP contribution is 2.09. The van der Waals surface area contributed by atoms with Crippen LogP contribution in [0.5, 0.6) is 0 Å². The van der Waals surface area contributed by atoms with Gasteiger partial charge in [-0.05, 0) is 12.1 Å². The molecule has 2 aromatic heterocycles. The lowest BCUT2D eigenvalue weighted by molar-refractivity contribution is -0.144. The van der Waals surface area contributed by atoms with Gasteiger partial charge in [-0.15, -0.1) is 0 Å². The lowest BCUT2D eigenvalue weighted by Crippen LogP contribution is -2.26. The largest absolute Gasteiger partial charge is 0.479 e. The van der Waals surface area contributed by atoms with Gasteiger partial charge >= 0.3 is 5.97 Å². The third-order valence-electron chi connectivity index (χ3n) is 2.03. The summed E-state index contributed by atoms with van der Waals surface area (Å²) in [6, 6.07) is 5.27. The second kappa shape index (κ2) is 4.62. The lowest BCUT2D eigenvalue weighted by Gasteiger charge is -2.01. The van der Waals surface area contributed by atoms with Crippen LogP contribution in [0.1, 0.15) is 10.4 Å². The Hall–Kier alpha value is -2.41. The zero-order valence-corrected chi connectivity index (χ0v) is 8.66. The molecule has 0 spiro atoms. The average Bonchev–Trinajstić information content (AvgIpc) is 2.72. The second-order valence-electron chi connectivity index (χ2n) is 3.20. The molecular weight excluding hydrogens is 226 g/mol. The van der Waals surface area contributed by atoms with Crippen molar-refractivity contribution in [1.29, 1.82) is 0 Å². The molecule has 0 radical (unpaired) electrons. The molecule has 0 aromatic carbocycles. The fourth-order valence-electron chi connectivity index (χ4n) is 1.33. The number of nitrogens with zero attached hydrogens (tertiary/aromatic N) is 2. The number of hydrogen-bond acceptors (Lipinski definition) is 4. The molecule has 7 nitrogen and oxygen atoms in total. The molecule has 0 bridgehead atoms. The standard InChI is InChI=1S/C10H9N3O4/c14-9(15)6-17-12-10(16)7-5-11-13-4-2-1-3-8(7)13/h1-5H,6H2,(H,12,16)(H,14,15). The van der Waals surface area contributed by atoms with Crippen molar-refractivity contribution in [3.63, 3.8) is 0 Å². The highest BCUT2D eigenvalue weighted by molar-refractivity contribution is 6.00. The van der Waals surface area contributed by atoms with Crippen LogP contribution in [0.25, 0.3) is 5.52 Å². The fourth-order valence-corrected chi connectivity index (χ4v) is 1.33. The van der Waals surface area contributed by atoms with Crippen LogP contribution in [0.3, 0.4) is 0 Å². The van der Waals surface area contributed by atoms with Gasteiger partial charge in [0.1, 0.15) is 0 Å². The maximum Gasteiger partial charge on any atom is 0.332 e. The number of aromatic nitrogens is 2. The Bertz CT molecular complexity index is 563. The maximum atomic E-state index is 11.6. The van der Waals surface area contributed by atoms with Crippen molar-refractivity contribution in [3.05, 3.63) is 36.2 Å². The first kappa shape index (κ1) is 11.1. The number of carboxylic acids is 1. The molecule has 0 aliphatic carbocycles. The number of nitrogens with one attached hydrogen (secondary N) is 1. The van der Waals surface area contributed by atoms with Crippen LogP contribution in [0.4, 0.5) is 0 Å². The van der Waals surface area contributed by atoms with Crippen LogP contribution in [-0.2, 0) is 9.63 Å². The van der Waals surface area contributed by atoms with Crippen LogP contribution < -0.4 is 5.48 Å². The molecule has 2 N–H and O–H groups in total. The molecule has 0 atom stereocenters. The first-order chi connectivity index (χ1) is 8.18. The molecule has 0 aliphatic rings. The summed E-state index contributed by atoms with van der Waals surface area (Å²) >= 11 is 0. The van der Waals surface area contributed by atoms with E-state index in [-0.39, 0.29) is 0 Å². The molecule has 0 saturated heterocycles. The van der Waals surface area contributed by atoms with Gasteiger partial charge < -0.3 is 5.11 Å². The Labute approximate surface area is 95.6 Å². The predicted molar refractivity (Wildman–Crippen MR) is 56.2 cm³/mol. The Morgan fingerprint density at radius 3 is 3.06 bits per heavy atom. The van der Waals surface area contributed by atoms with Crippen LogP contribution in [0.15, 0.2) is 30.6 Å². The van der Waals surface area contributed by atoms with Crippen molar-refractivity contribution >= 4 is 17.4 Å². The van der Waals surface area contributed by atoms with Crippen molar-refractivity contribution in [2.45, 2.75) is 0 Å². The third-order valence-corrected chi connectivity index (χ3v) is 2.03. The number of hydroxylamine groups is 1. The monoisotopic (exact) mass is 235 g/mol. The van der Waals surface area contributed by atoms with Crippen LogP contribution in [-0.4, -0.2) is 33.2 Å². The van der Waals surface area contributed by atoms with Gasteiger partial charge in [0.05, 0.1) is 17.3 Å². The number of carbonyl (C=O) groups is 2. The smallest absolute Gasteiger partial charge is 0.332 e. The van der Waals surface area contributed by atoms with Gasteiger partial charge in [0.15, 0.2) is 6.61 Å². The van der Waals surface area contributed by atoms with Gasteiger partial charge in [0, 0.05) is 6.20 Å². The minimum Gasteiger partial charge on any atom is -0.479 e. The predicted octanol–water partition coefficient (Wildman–Crippen LogP) is 0.0803. The first-order valence-electron chi connectivity index (χ1n) is 4.75. The molecule has 0 saturated carbocycles. The fraction of sp³-hybridized carbons (Fsp3) is 0.100. The summed E-state index contributed by atoms with van der Waals surface area (Å²) in [6.07, 6.45) is 3.08. The van der Waals surface area contributed by atoms with Gasteiger partial charge in [0.25, 0.3) is 5.91 Å². The van der Waals surface area contributed by atoms with Crippen molar-refractivity contribution in [2.75, 3.05) is 6.61 Å². The van der Waals surface area contributed by atoms with Crippen LogP contribution in [0, 0.1) is 0 Å². The lowest BCUT2D eigenvalue weighted by atomic mass is 10.2. The molecule has 0 aliphatic heterocycles. The molecular formula is C10H9N3O4. The van der Waals surface area contributed by atoms with Gasteiger partial charge in [-0.25, -0.2) is 14.8 Å². The van der Waals surface area contributed by atoms with Gasteiger partial charge in [0.2, 0.25) is 0 Å². The topological polar surface area (TPSA) is 92.9 Å². The number of amides is 1. The van der Waals surface area contributed by atoms with E-state index < -0.39 is 18.5 Å². The van der Waals surface area contributed by atoms with Crippen molar-refractivity contribution in [3.8, 4) is 0 Å². The normalized spacial score (nSPS) is 10.4. The minimum absolute atomic E-state index is 0.316. The van der Waals surface area contributed by atoms with Gasteiger partial charge in [-0.2, -0.15) is 5.10 Å². The Balaban J connectivity index is 2.11. The summed E-state index contributed by atoms with van der Waals surface area (Å²) < 4.78 is 1.53. The summed E-state index contributed by atoms with van der Waals surface area (Å²) in [5, 5.41) is 12.3. The summed E-state index contributed by atoms with van der Waals surface area (Å²) in [6.45, 7) is -0.592. The Morgan fingerprint density at radius 2 is 2.29 bits per heavy atom. The number of rotatable bonds is 4. The van der Waals surface area contributed by atoms with E-state index in [1.54, 1.807) is 24.4 Å². The average molecular weight is 235 g/mol. The van der Waals surface area contributed by atoms with E-state index in [1.165, 1.54) is 10.7 Å². The molecule has 0 fully saturated rings. The molecule has 17 heavy (non-hydrogen) atoms. The molecule has 1 amide bonds. The van der Waals surface area contributed by atoms with Crippen molar-refractivity contribution in [2.24, 2.45) is 0 Å². The molecule has 2 rings (SSSR count). The number of carbonyl (C=O) groups excluding carboxylic acids is 1.